The van der Waals surface area contributed by atoms with Crippen LogP contribution in [0.2, 0.25) is 5.02 Å². The third-order valence-electron chi connectivity index (χ3n) is 2.69. The van der Waals surface area contributed by atoms with Crippen molar-refractivity contribution in [3.63, 3.8) is 0 Å². The summed E-state index contributed by atoms with van der Waals surface area (Å²) in [6.07, 6.45) is 3.18. The Hall–Kier alpha value is -1.88. The fraction of sp³-hybridized carbons (Fsp3) is 0.182. The summed E-state index contributed by atoms with van der Waals surface area (Å²) in [6, 6.07) is 5.60. The summed E-state index contributed by atoms with van der Waals surface area (Å²) in [5.74, 6) is 0.841. The third kappa shape index (κ3) is 1.78. The minimum Gasteiger partial charge on any atom is -0.340 e. The molecule has 1 N–H and O–H groups in total. The van der Waals surface area contributed by atoms with Crippen molar-refractivity contribution in [2.75, 3.05) is 0 Å². The van der Waals surface area contributed by atoms with E-state index in [1.165, 1.54) is 6.33 Å². The second-order valence-electron chi connectivity index (χ2n) is 3.83. The number of rotatable bonds is 2. The van der Waals surface area contributed by atoms with E-state index in [-0.39, 0.29) is 6.04 Å². The average molecular weight is 248 g/mol. The number of benzene rings is 1. The summed E-state index contributed by atoms with van der Waals surface area (Å²) in [5.41, 5.74) is 1.83. The maximum atomic E-state index is 5.93. The van der Waals surface area contributed by atoms with E-state index in [1.54, 1.807) is 11.0 Å². The van der Waals surface area contributed by atoms with Crippen LogP contribution < -0.4 is 0 Å². The second kappa shape index (κ2) is 3.85. The number of nitrogens with zero attached hydrogens (tertiary/aromatic N) is 4. The molecule has 5 nitrogen and oxygen atoms in total. The number of halogens is 1. The molecule has 3 rings (SSSR count). The Labute approximate surface area is 102 Å². The SMILES string of the molecule is CC(c1nc2ccc(Cl)cc2[nH]1)n1cncn1. The lowest BCUT2D eigenvalue weighted by atomic mass is 10.3. The molecule has 1 unspecified atom stereocenters. The van der Waals surface area contributed by atoms with Gasteiger partial charge in [0.2, 0.25) is 0 Å². The molecule has 2 heterocycles. The average Bonchev–Trinajstić information content (AvgIpc) is 2.96. The number of fused-ring (bicyclic) bond motifs is 1. The molecule has 0 amide bonds. The van der Waals surface area contributed by atoms with Gasteiger partial charge in [-0.05, 0) is 25.1 Å². The first-order valence-corrected chi connectivity index (χ1v) is 5.61. The Morgan fingerprint density at radius 1 is 1.41 bits per heavy atom. The molecule has 1 atom stereocenters. The predicted molar refractivity (Wildman–Crippen MR) is 64.9 cm³/mol. The fourth-order valence-electron chi connectivity index (χ4n) is 1.74. The highest BCUT2D eigenvalue weighted by Gasteiger charge is 2.13. The second-order valence-corrected chi connectivity index (χ2v) is 4.27. The largest absolute Gasteiger partial charge is 0.340 e. The van der Waals surface area contributed by atoms with Crippen molar-refractivity contribution in [1.82, 2.24) is 24.7 Å². The normalized spacial score (nSPS) is 13.1. The van der Waals surface area contributed by atoms with Crippen LogP contribution >= 0.6 is 11.6 Å². The van der Waals surface area contributed by atoms with Gasteiger partial charge in [0.1, 0.15) is 24.5 Å². The summed E-state index contributed by atoms with van der Waals surface area (Å²) < 4.78 is 1.75. The molecule has 2 aromatic heterocycles. The Balaban J connectivity index is 2.06. The number of aromatic nitrogens is 5. The molecule has 0 aliphatic rings. The number of hydrogen-bond donors (Lipinski definition) is 1. The van der Waals surface area contributed by atoms with E-state index in [0.717, 1.165) is 16.9 Å². The minimum absolute atomic E-state index is 0.0173. The molecule has 17 heavy (non-hydrogen) atoms. The van der Waals surface area contributed by atoms with Crippen molar-refractivity contribution < 1.29 is 0 Å². The summed E-state index contributed by atoms with van der Waals surface area (Å²) in [4.78, 5) is 11.7. The van der Waals surface area contributed by atoms with Gasteiger partial charge >= 0.3 is 0 Å². The molecule has 6 heteroatoms. The first-order valence-electron chi connectivity index (χ1n) is 5.23. The molecule has 0 radical (unpaired) electrons. The highest BCUT2D eigenvalue weighted by molar-refractivity contribution is 6.31. The van der Waals surface area contributed by atoms with Gasteiger partial charge in [0.15, 0.2) is 0 Å². The predicted octanol–water partition coefficient (Wildman–Crippen LogP) is 2.42. The van der Waals surface area contributed by atoms with Crippen molar-refractivity contribution in [2.24, 2.45) is 0 Å². The van der Waals surface area contributed by atoms with E-state index in [1.807, 2.05) is 25.1 Å². The standard InChI is InChI=1S/C11H10ClN5/c1-7(17-6-13-5-14-17)11-15-9-3-2-8(12)4-10(9)16-11/h2-7H,1H3,(H,15,16). The molecule has 0 saturated carbocycles. The van der Waals surface area contributed by atoms with E-state index < -0.39 is 0 Å². The molecule has 0 spiro atoms. The minimum atomic E-state index is 0.0173. The molecule has 1 aromatic carbocycles. The molecule has 0 saturated heterocycles. The maximum Gasteiger partial charge on any atom is 0.137 e. The van der Waals surface area contributed by atoms with E-state index in [2.05, 4.69) is 20.1 Å². The van der Waals surface area contributed by atoms with Crippen molar-refractivity contribution in [2.45, 2.75) is 13.0 Å². The van der Waals surface area contributed by atoms with Crippen LogP contribution in [-0.4, -0.2) is 24.7 Å². The molecule has 3 aromatic rings. The van der Waals surface area contributed by atoms with Crippen molar-refractivity contribution in [3.8, 4) is 0 Å². The van der Waals surface area contributed by atoms with Gasteiger partial charge in [-0.1, -0.05) is 11.6 Å². The van der Waals surface area contributed by atoms with Crippen LogP contribution in [0.4, 0.5) is 0 Å². The highest BCUT2D eigenvalue weighted by atomic mass is 35.5. The Morgan fingerprint density at radius 3 is 3.06 bits per heavy atom. The molecule has 0 aliphatic heterocycles. The van der Waals surface area contributed by atoms with Gasteiger partial charge in [-0.15, -0.1) is 0 Å². The highest BCUT2D eigenvalue weighted by Crippen LogP contribution is 2.21. The van der Waals surface area contributed by atoms with Gasteiger partial charge in [0.05, 0.1) is 11.0 Å². The zero-order valence-electron chi connectivity index (χ0n) is 9.13. The number of nitrogens with one attached hydrogen (secondary N) is 1. The van der Waals surface area contributed by atoms with Crippen LogP contribution in [0.25, 0.3) is 11.0 Å². The topological polar surface area (TPSA) is 59.4 Å². The van der Waals surface area contributed by atoms with Gasteiger partial charge in [0.25, 0.3) is 0 Å². The molecular formula is C11H10ClN5. The van der Waals surface area contributed by atoms with Crippen molar-refractivity contribution in [1.29, 1.82) is 0 Å². The number of hydrogen-bond acceptors (Lipinski definition) is 3. The zero-order valence-corrected chi connectivity index (χ0v) is 9.89. The number of imidazole rings is 1. The summed E-state index contributed by atoms with van der Waals surface area (Å²) in [6.45, 7) is 2.01. The summed E-state index contributed by atoms with van der Waals surface area (Å²) in [7, 11) is 0. The smallest absolute Gasteiger partial charge is 0.137 e. The fourth-order valence-corrected chi connectivity index (χ4v) is 1.91. The van der Waals surface area contributed by atoms with Crippen LogP contribution in [-0.2, 0) is 0 Å². The summed E-state index contributed by atoms with van der Waals surface area (Å²) in [5, 5.41) is 4.80. The lowest BCUT2D eigenvalue weighted by Gasteiger charge is -2.06. The van der Waals surface area contributed by atoms with E-state index in [4.69, 9.17) is 11.6 Å². The van der Waals surface area contributed by atoms with Crippen LogP contribution in [0.1, 0.15) is 18.8 Å². The Morgan fingerprint density at radius 2 is 2.29 bits per heavy atom. The Kier molecular flexibility index (Phi) is 2.33. The maximum absolute atomic E-state index is 5.93. The molecule has 0 aliphatic carbocycles. The summed E-state index contributed by atoms with van der Waals surface area (Å²) >= 11 is 5.93. The van der Waals surface area contributed by atoms with Crippen molar-refractivity contribution >= 4 is 22.6 Å². The van der Waals surface area contributed by atoms with Gasteiger partial charge in [-0.25, -0.2) is 14.6 Å². The molecule has 86 valence electrons. The lowest BCUT2D eigenvalue weighted by molar-refractivity contribution is 0.541. The molecule has 0 bridgehead atoms. The lowest BCUT2D eigenvalue weighted by Crippen LogP contribution is -2.08. The molecular weight excluding hydrogens is 238 g/mol. The van der Waals surface area contributed by atoms with Gasteiger partial charge < -0.3 is 4.98 Å². The van der Waals surface area contributed by atoms with Crippen LogP contribution in [0.5, 0.6) is 0 Å². The third-order valence-corrected chi connectivity index (χ3v) is 2.93. The monoisotopic (exact) mass is 247 g/mol. The van der Waals surface area contributed by atoms with Gasteiger partial charge in [0, 0.05) is 5.02 Å². The quantitative estimate of drug-likeness (QED) is 0.757. The van der Waals surface area contributed by atoms with E-state index in [9.17, 15) is 0 Å². The van der Waals surface area contributed by atoms with E-state index in [0.29, 0.717) is 5.02 Å². The van der Waals surface area contributed by atoms with Crippen molar-refractivity contribution in [3.05, 3.63) is 41.7 Å². The first kappa shape index (κ1) is 10.3. The number of H-pyrrole nitrogens is 1. The van der Waals surface area contributed by atoms with Crippen LogP contribution in [0, 0.1) is 0 Å². The van der Waals surface area contributed by atoms with Gasteiger partial charge in [-0.3, -0.25) is 0 Å². The van der Waals surface area contributed by atoms with Gasteiger partial charge in [-0.2, -0.15) is 5.10 Å². The number of aromatic amines is 1. The Bertz CT molecular complexity index is 643. The van der Waals surface area contributed by atoms with E-state index >= 15 is 0 Å². The van der Waals surface area contributed by atoms with Crippen LogP contribution in [0.3, 0.4) is 0 Å². The first-order chi connectivity index (χ1) is 8.24. The zero-order chi connectivity index (χ0) is 11.8. The molecule has 0 fully saturated rings. The van der Waals surface area contributed by atoms with Crippen LogP contribution in [0.15, 0.2) is 30.9 Å².